The Morgan fingerprint density at radius 3 is 2.07 bits per heavy atom. The van der Waals surface area contributed by atoms with Gasteiger partial charge in [0.15, 0.2) is 0 Å². The minimum absolute atomic E-state index is 0.379. The molecule has 0 aliphatic rings. The highest BCUT2D eigenvalue weighted by Crippen LogP contribution is 2.26. The van der Waals surface area contributed by atoms with Crippen molar-refractivity contribution in [3.05, 3.63) is 117 Å². The molecule has 4 rings (SSSR count). The SMILES string of the molecule is Cc1c(-c2ccc(Br)cc2)cc(Cc2ccc(-c3ccccc3)cc2)c(=O)n1O. The average Bonchev–Trinajstić information content (AvgIpc) is 2.76. The fourth-order valence-corrected chi connectivity index (χ4v) is 3.72. The number of aromatic nitrogens is 1. The van der Waals surface area contributed by atoms with E-state index in [1.807, 2.05) is 60.7 Å². The van der Waals surface area contributed by atoms with E-state index in [4.69, 9.17) is 0 Å². The van der Waals surface area contributed by atoms with E-state index in [1.165, 1.54) is 0 Å². The molecule has 3 aromatic carbocycles. The molecule has 0 unspecified atom stereocenters. The van der Waals surface area contributed by atoms with Crippen LogP contribution < -0.4 is 5.56 Å². The Morgan fingerprint density at radius 1 is 0.828 bits per heavy atom. The van der Waals surface area contributed by atoms with Crippen molar-refractivity contribution in [2.75, 3.05) is 0 Å². The first-order valence-electron chi connectivity index (χ1n) is 9.38. The summed E-state index contributed by atoms with van der Waals surface area (Å²) in [5, 5.41) is 10.3. The van der Waals surface area contributed by atoms with Gasteiger partial charge in [0.2, 0.25) is 0 Å². The fourth-order valence-electron chi connectivity index (χ4n) is 3.46. The summed E-state index contributed by atoms with van der Waals surface area (Å²) in [6, 6.07) is 28.1. The largest absolute Gasteiger partial charge is 0.425 e. The van der Waals surface area contributed by atoms with Gasteiger partial charge in [-0.05, 0) is 47.4 Å². The summed E-state index contributed by atoms with van der Waals surface area (Å²) < 4.78 is 1.74. The number of hydrogen-bond acceptors (Lipinski definition) is 2. The molecule has 3 nitrogen and oxygen atoms in total. The highest BCUT2D eigenvalue weighted by molar-refractivity contribution is 9.10. The van der Waals surface area contributed by atoms with Crippen molar-refractivity contribution in [3.8, 4) is 22.3 Å². The molecule has 0 saturated carbocycles. The monoisotopic (exact) mass is 445 g/mol. The summed E-state index contributed by atoms with van der Waals surface area (Å²) in [6.07, 6.45) is 0.457. The van der Waals surface area contributed by atoms with Crippen LogP contribution >= 0.6 is 15.9 Å². The lowest BCUT2D eigenvalue weighted by Crippen LogP contribution is -2.24. The molecule has 0 saturated heterocycles. The maximum Gasteiger partial charge on any atom is 0.286 e. The second-order valence-electron chi connectivity index (χ2n) is 7.03. The Morgan fingerprint density at radius 2 is 1.41 bits per heavy atom. The van der Waals surface area contributed by atoms with Gasteiger partial charge >= 0.3 is 0 Å². The lowest BCUT2D eigenvalue weighted by molar-refractivity contribution is 0.168. The Labute approximate surface area is 178 Å². The molecule has 0 aliphatic carbocycles. The molecule has 0 fully saturated rings. The third-order valence-corrected chi connectivity index (χ3v) is 5.63. The fraction of sp³-hybridized carbons (Fsp3) is 0.0800. The normalized spacial score (nSPS) is 10.8. The molecule has 0 atom stereocenters. The van der Waals surface area contributed by atoms with Crippen LogP contribution in [0.25, 0.3) is 22.3 Å². The van der Waals surface area contributed by atoms with E-state index < -0.39 is 0 Å². The lowest BCUT2D eigenvalue weighted by atomic mass is 9.98. The molecular weight excluding hydrogens is 426 g/mol. The molecule has 144 valence electrons. The van der Waals surface area contributed by atoms with E-state index in [1.54, 1.807) is 6.92 Å². The van der Waals surface area contributed by atoms with Crippen LogP contribution in [-0.4, -0.2) is 9.94 Å². The van der Waals surface area contributed by atoms with Gasteiger partial charge in [-0.15, -0.1) is 0 Å². The van der Waals surface area contributed by atoms with Crippen LogP contribution in [0.15, 0.2) is 94.2 Å². The predicted octanol–water partition coefficient (Wildman–Crippen LogP) is 6.08. The minimum Gasteiger partial charge on any atom is -0.425 e. The van der Waals surface area contributed by atoms with Gasteiger partial charge in [-0.3, -0.25) is 4.79 Å². The molecule has 4 aromatic rings. The average molecular weight is 446 g/mol. The first-order valence-corrected chi connectivity index (χ1v) is 10.2. The Hall–Kier alpha value is -3.11. The molecule has 0 aliphatic heterocycles. The highest BCUT2D eigenvalue weighted by atomic mass is 79.9. The summed E-state index contributed by atoms with van der Waals surface area (Å²) in [5.41, 5.74) is 5.81. The van der Waals surface area contributed by atoms with Crippen molar-refractivity contribution in [1.29, 1.82) is 0 Å². The second-order valence-corrected chi connectivity index (χ2v) is 7.95. The third-order valence-electron chi connectivity index (χ3n) is 5.10. The summed E-state index contributed by atoms with van der Waals surface area (Å²) in [7, 11) is 0. The van der Waals surface area contributed by atoms with Crippen LogP contribution in [0, 0.1) is 6.92 Å². The van der Waals surface area contributed by atoms with Crippen molar-refractivity contribution in [2.45, 2.75) is 13.3 Å². The molecule has 29 heavy (non-hydrogen) atoms. The zero-order chi connectivity index (χ0) is 20.4. The van der Waals surface area contributed by atoms with Crippen molar-refractivity contribution in [3.63, 3.8) is 0 Å². The molecule has 1 aromatic heterocycles. The lowest BCUT2D eigenvalue weighted by Gasteiger charge is -2.13. The van der Waals surface area contributed by atoms with Gasteiger partial charge in [0.1, 0.15) is 0 Å². The molecule has 0 amide bonds. The maximum atomic E-state index is 12.6. The summed E-state index contributed by atoms with van der Waals surface area (Å²) in [6.45, 7) is 1.75. The molecule has 4 heteroatoms. The topological polar surface area (TPSA) is 42.2 Å². The van der Waals surface area contributed by atoms with Crippen LogP contribution in [-0.2, 0) is 6.42 Å². The summed E-state index contributed by atoms with van der Waals surface area (Å²) in [4.78, 5) is 12.6. The Bertz CT molecular complexity index is 1190. The van der Waals surface area contributed by atoms with Crippen molar-refractivity contribution >= 4 is 15.9 Å². The molecule has 0 spiro atoms. The van der Waals surface area contributed by atoms with Gasteiger partial charge in [-0.2, -0.15) is 4.73 Å². The zero-order valence-electron chi connectivity index (χ0n) is 16.0. The van der Waals surface area contributed by atoms with Crippen molar-refractivity contribution in [2.24, 2.45) is 0 Å². The predicted molar refractivity (Wildman–Crippen MR) is 120 cm³/mol. The molecule has 1 N–H and O–H groups in total. The first kappa shape index (κ1) is 19.2. The van der Waals surface area contributed by atoms with E-state index in [2.05, 4.69) is 40.2 Å². The smallest absolute Gasteiger partial charge is 0.286 e. The van der Waals surface area contributed by atoms with Crippen LogP contribution in [0.2, 0.25) is 0 Å². The molecule has 1 heterocycles. The van der Waals surface area contributed by atoms with Gasteiger partial charge in [-0.25, -0.2) is 0 Å². The summed E-state index contributed by atoms with van der Waals surface area (Å²) in [5.74, 6) is 0. The summed E-state index contributed by atoms with van der Waals surface area (Å²) >= 11 is 3.44. The van der Waals surface area contributed by atoms with E-state index >= 15 is 0 Å². The number of hydrogen-bond donors (Lipinski definition) is 1. The van der Waals surface area contributed by atoms with E-state index in [0.29, 0.717) is 17.7 Å². The van der Waals surface area contributed by atoms with Gasteiger partial charge in [0.05, 0.1) is 5.69 Å². The van der Waals surface area contributed by atoms with E-state index in [9.17, 15) is 10.0 Å². The van der Waals surface area contributed by atoms with Crippen LogP contribution in [0.4, 0.5) is 0 Å². The van der Waals surface area contributed by atoms with Gasteiger partial charge < -0.3 is 5.21 Å². The minimum atomic E-state index is -0.379. The van der Waals surface area contributed by atoms with Crippen molar-refractivity contribution < 1.29 is 5.21 Å². The number of rotatable bonds is 4. The maximum absolute atomic E-state index is 12.6. The number of halogens is 1. The number of nitrogens with zero attached hydrogens (tertiary/aromatic N) is 1. The quantitative estimate of drug-likeness (QED) is 0.386. The number of pyridine rings is 1. The van der Waals surface area contributed by atoms with Gasteiger partial charge in [0, 0.05) is 22.0 Å². The van der Waals surface area contributed by atoms with E-state index in [-0.39, 0.29) is 5.56 Å². The van der Waals surface area contributed by atoms with E-state index in [0.717, 1.165) is 37.0 Å². The standard InChI is InChI=1S/C25H20BrNO2/c1-17-24(21-11-13-23(26)14-12-21)16-22(25(28)27(17)29)15-18-7-9-20(10-8-18)19-5-3-2-4-6-19/h2-14,16,29H,15H2,1H3. The van der Waals surface area contributed by atoms with Gasteiger partial charge in [0.25, 0.3) is 5.56 Å². The Kier molecular flexibility index (Phi) is 5.36. The second kappa shape index (κ2) is 8.10. The van der Waals surface area contributed by atoms with Crippen LogP contribution in [0.3, 0.4) is 0 Å². The number of benzene rings is 3. The highest BCUT2D eigenvalue weighted by Gasteiger charge is 2.13. The molecular formula is C25H20BrNO2. The van der Waals surface area contributed by atoms with Crippen LogP contribution in [0.1, 0.15) is 16.8 Å². The van der Waals surface area contributed by atoms with Crippen molar-refractivity contribution in [1.82, 2.24) is 4.73 Å². The molecule has 0 bridgehead atoms. The van der Waals surface area contributed by atoms with Crippen LogP contribution in [0.5, 0.6) is 0 Å². The first-order chi connectivity index (χ1) is 14.0. The zero-order valence-corrected chi connectivity index (χ0v) is 17.6. The molecule has 0 radical (unpaired) electrons. The third kappa shape index (κ3) is 4.03. The van der Waals surface area contributed by atoms with Gasteiger partial charge in [-0.1, -0.05) is 82.7 Å². The Balaban J connectivity index is 1.68.